The molecule has 1 saturated carbocycles. The Morgan fingerprint density at radius 1 is 0.957 bits per heavy atom. The second kappa shape index (κ2) is 8.70. The van der Waals surface area contributed by atoms with Gasteiger partial charge in [-0.1, -0.05) is 44.2 Å². The van der Waals surface area contributed by atoms with Gasteiger partial charge in [0.15, 0.2) is 0 Å². The Kier molecular flexibility index (Phi) is 6.35. The molecule has 3 heteroatoms. The van der Waals surface area contributed by atoms with Crippen molar-refractivity contribution >= 4 is 5.69 Å². The molecule has 1 aromatic rings. The molecule has 1 heterocycles. The minimum atomic E-state index is 0.966. The fraction of sp³-hybridized carbons (Fsp3) is 0.700. The van der Waals surface area contributed by atoms with Crippen LogP contribution in [-0.2, 0) is 6.54 Å². The maximum absolute atomic E-state index is 3.61. The predicted octanol–water partition coefficient (Wildman–Crippen LogP) is 3.82. The molecule has 0 atom stereocenters. The van der Waals surface area contributed by atoms with Crippen LogP contribution in [0.25, 0.3) is 0 Å². The highest BCUT2D eigenvalue weighted by Crippen LogP contribution is 2.26. The fourth-order valence-electron chi connectivity index (χ4n) is 3.89. The average Bonchev–Trinajstić information content (AvgIpc) is 2.59. The Hall–Kier alpha value is -1.06. The Morgan fingerprint density at radius 3 is 2.35 bits per heavy atom. The molecular formula is C20H33N3. The number of likely N-dealkylation sites (N-methyl/N-ethyl adjacent to an activating group) is 1. The van der Waals surface area contributed by atoms with E-state index in [4.69, 9.17) is 0 Å². The van der Waals surface area contributed by atoms with E-state index in [2.05, 4.69) is 46.4 Å². The first-order valence-electron chi connectivity index (χ1n) is 9.53. The molecule has 0 bridgehead atoms. The van der Waals surface area contributed by atoms with Crippen molar-refractivity contribution in [3.05, 3.63) is 29.8 Å². The fourth-order valence-corrected chi connectivity index (χ4v) is 3.89. The Balaban J connectivity index is 1.38. The molecule has 2 aliphatic rings. The van der Waals surface area contributed by atoms with Crippen LogP contribution in [0.4, 0.5) is 5.69 Å². The normalized spacial score (nSPS) is 21.4. The topological polar surface area (TPSA) is 18.5 Å². The number of nitrogens with zero attached hydrogens (tertiary/aromatic N) is 2. The summed E-state index contributed by atoms with van der Waals surface area (Å²) in [5, 5.41) is 3.61. The van der Waals surface area contributed by atoms with Gasteiger partial charge < -0.3 is 10.2 Å². The molecule has 128 valence electrons. The first-order valence-corrected chi connectivity index (χ1v) is 9.53. The standard InChI is InChI=1S/C20H33N3/c1-22-13-15-23(16-14-22)17-19-7-9-20(10-8-19)21-12-11-18-5-3-2-4-6-18/h7-10,18,21H,2-6,11-17H2,1H3. The van der Waals surface area contributed by atoms with Crippen molar-refractivity contribution in [3.63, 3.8) is 0 Å². The van der Waals surface area contributed by atoms with E-state index in [1.165, 1.54) is 76.0 Å². The van der Waals surface area contributed by atoms with E-state index < -0.39 is 0 Å². The highest BCUT2D eigenvalue weighted by atomic mass is 15.2. The van der Waals surface area contributed by atoms with Crippen molar-refractivity contribution in [2.75, 3.05) is 45.1 Å². The lowest BCUT2D eigenvalue weighted by molar-refractivity contribution is 0.148. The van der Waals surface area contributed by atoms with Gasteiger partial charge in [-0.25, -0.2) is 0 Å². The molecule has 2 fully saturated rings. The summed E-state index contributed by atoms with van der Waals surface area (Å²) < 4.78 is 0. The monoisotopic (exact) mass is 315 g/mol. The summed E-state index contributed by atoms with van der Waals surface area (Å²) in [4.78, 5) is 4.97. The van der Waals surface area contributed by atoms with E-state index in [1.807, 2.05) is 0 Å². The largest absolute Gasteiger partial charge is 0.385 e. The van der Waals surface area contributed by atoms with Crippen LogP contribution in [0.5, 0.6) is 0 Å². The minimum absolute atomic E-state index is 0.966. The molecule has 0 amide bonds. The third kappa shape index (κ3) is 5.50. The molecule has 1 aliphatic heterocycles. The van der Waals surface area contributed by atoms with E-state index in [-0.39, 0.29) is 0 Å². The van der Waals surface area contributed by atoms with Gasteiger partial charge in [0.2, 0.25) is 0 Å². The number of benzene rings is 1. The van der Waals surface area contributed by atoms with Gasteiger partial charge in [-0.2, -0.15) is 0 Å². The highest BCUT2D eigenvalue weighted by molar-refractivity contribution is 5.44. The summed E-state index contributed by atoms with van der Waals surface area (Å²) in [6.07, 6.45) is 8.59. The van der Waals surface area contributed by atoms with Crippen LogP contribution in [0.1, 0.15) is 44.1 Å². The van der Waals surface area contributed by atoms with Gasteiger partial charge in [0.1, 0.15) is 0 Å². The molecular weight excluding hydrogens is 282 g/mol. The number of nitrogens with one attached hydrogen (secondary N) is 1. The molecule has 0 radical (unpaired) electrons. The molecule has 1 saturated heterocycles. The minimum Gasteiger partial charge on any atom is -0.385 e. The molecule has 1 N–H and O–H groups in total. The summed E-state index contributed by atoms with van der Waals surface area (Å²) in [5.74, 6) is 0.966. The molecule has 1 aromatic carbocycles. The second-order valence-electron chi connectivity index (χ2n) is 7.50. The van der Waals surface area contributed by atoms with Gasteiger partial charge in [-0.05, 0) is 37.1 Å². The van der Waals surface area contributed by atoms with Gasteiger partial charge in [-0.3, -0.25) is 4.90 Å². The average molecular weight is 316 g/mol. The Morgan fingerprint density at radius 2 is 1.65 bits per heavy atom. The van der Waals surface area contributed by atoms with Gasteiger partial charge >= 0.3 is 0 Å². The Labute approximate surface area is 142 Å². The zero-order valence-electron chi connectivity index (χ0n) is 14.8. The van der Waals surface area contributed by atoms with Crippen molar-refractivity contribution in [2.45, 2.75) is 45.1 Å². The molecule has 1 aliphatic carbocycles. The molecule has 0 unspecified atom stereocenters. The van der Waals surface area contributed by atoms with Crippen molar-refractivity contribution in [1.82, 2.24) is 9.80 Å². The highest BCUT2D eigenvalue weighted by Gasteiger charge is 2.14. The van der Waals surface area contributed by atoms with Crippen molar-refractivity contribution in [2.24, 2.45) is 5.92 Å². The molecule has 3 nitrogen and oxygen atoms in total. The van der Waals surface area contributed by atoms with Crippen LogP contribution >= 0.6 is 0 Å². The number of rotatable bonds is 6. The molecule has 0 aromatic heterocycles. The van der Waals surface area contributed by atoms with Gasteiger partial charge in [0.25, 0.3) is 0 Å². The van der Waals surface area contributed by atoms with Crippen LogP contribution in [0.3, 0.4) is 0 Å². The number of hydrogen-bond acceptors (Lipinski definition) is 3. The summed E-state index contributed by atoms with van der Waals surface area (Å²) in [5.41, 5.74) is 2.72. The summed E-state index contributed by atoms with van der Waals surface area (Å²) >= 11 is 0. The third-order valence-electron chi connectivity index (χ3n) is 5.56. The Bertz CT molecular complexity index is 442. The van der Waals surface area contributed by atoms with E-state index in [0.29, 0.717) is 0 Å². The van der Waals surface area contributed by atoms with E-state index in [1.54, 1.807) is 0 Å². The molecule has 0 spiro atoms. The number of hydrogen-bond donors (Lipinski definition) is 1. The van der Waals surface area contributed by atoms with Gasteiger partial charge in [0, 0.05) is 45.0 Å². The lowest BCUT2D eigenvalue weighted by Gasteiger charge is -2.32. The number of anilines is 1. The van der Waals surface area contributed by atoms with Gasteiger partial charge in [-0.15, -0.1) is 0 Å². The van der Waals surface area contributed by atoms with Crippen molar-refractivity contribution in [3.8, 4) is 0 Å². The number of piperazine rings is 1. The zero-order chi connectivity index (χ0) is 15.9. The summed E-state index contributed by atoms with van der Waals surface area (Å²) in [6, 6.07) is 9.10. The third-order valence-corrected chi connectivity index (χ3v) is 5.56. The van der Waals surface area contributed by atoms with Crippen LogP contribution in [0.2, 0.25) is 0 Å². The van der Waals surface area contributed by atoms with E-state index >= 15 is 0 Å². The predicted molar refractivity (Wildman–Crippen MR) is 98.9 cm³/mol. The lowest BCUT2D eigenvalue weighted by atomic mass is 9.87. The first-order chi connectivity index (χ1) is 11.3. The first kappa shape index (κ1) is 16.8. The quantitative estimate of drug-likeness (QED) is 0.861. The summed E-state index contributed by atoms with van der Waals surface area (Å²) in [6.45, 7) is 7.00. The SMILES string of the molecule is CN1CCN(Cc2ccc(NCCC3CCCCC3)cc2)CC1. The maximum atomic E-state index is 3.61. The van der Waals surface area contributed by atoms with Crippen LogP contribution in [0, 0.1) is 5.92 Å². The maximum Gasteiger partial charge on any atom is 0.0340 e. The second-order valence-corrected chi connectivity index (χ2v) is 7.50. The zero-order valence-corrected chi connectivity index (χ0v) is 14.8. The van der Waals surface area contributed by atoms with Crippen LogP contribution in [-0.4, -0.2) is 49.6 Å². The molecule has 3 rings (SSSR count). The molecule has 23 heavy (non-hydrogen) atoms. The van der Waals surface area contributed by atoms with Crippen molar-refractivity contribution in [1.29, 1.82) is 0 Å². The lowest BCUT2D eigenvalue weighted by Crippen LogP contribution is -2.43. The van der Waals surface area contributed by atoms with E-state index in [0.717, 1.165) is 19.0 Å². The van der Waals surface area contributed by atoms with Crippen LogP contribution < -0.4 is 5.32 Å². The van der Waals surface area contributed by atoms with Crippen LogP contribution in [0.15, 0.2) is 24.3 Å². The summed E-state index contributed by atoms with van der Waals surface area (Å²) in [7, 11) is 2.21. The van der Waals surface area contributed by atoms with E-state index in [9.17, 15) is 0 Å². The van der Waals surface area contributed by atoms with Gasteiger partial charge in [0.05, 0.1) is 0 Å². The van der Waals surface area contributed by atoms with Crippen molar-refractivity contribution < 1.29 is 0 Å². The smallest absolute Gasteiger partial charge is 0.0340 e.